The molecule has 0 amide bonds. The van der Waals surface area contributed by atoms with E-state index in [1.165, 1.54) is 0 Å². The number of carbonyl (C=O) groups is 1. The van der Waals surface area contributed by atoms with Gasteiger partial charge in [0.1, 0.15) is 6.54 Å². The number of anilines is 1. The van der Waals surface area contributed by atoms with Gasteiger partial charge in [0, 0.05) is 6.04 Å². The van der Waals surface area contributed by atoms with Gasteiger partial charge in [0.05, 0.1) is 12.3 Å². The zero-order valence-corrected chi connectivity index (χ0v) is 11.8. The molecule has 0 radical (unpaired) electrons. The Balaban J connectivity index is 1.87. The lowest BCUT2D eigenvalue weighted by Gasteiger charge is -2.21. The molecule has 1 fully saturated rings. The van der Waals surface area contributed by atoms with Crippen LogP contribution in [0.1, 0.15) is 19.8 Å². The van der Waals surface area contributed by atoms with E-state index in [1.807, 2.05) is 35.2 Å². The van der Waals surface area contributed by atoms with Crippen molar-refractivity contribution in [1.82, 2.24) is 20.2 Å². The fourth-order valence-corrected chi connectivity index (χ4v) is 2.19. The maximum Gasteiger partial charge on any atom is 0.325 e. The van der Waals surface area contributed by atoms with Crippen LogP contribution in [0.5, 0.6) is 0 Å². The van der Waals surface area contributed by atoms with Gasteiger partial charge >= 0.3 is 5.97 Å². The smallest absolute Gasteiger partial charge is 0.325 e. The Hall–Kier alpha value is -2.44. The number of carbonyl (C=O) groups excluding carboxylic acids is 1. The summed E-state index contributed by atoms with van der Waals surface area (Å²) >= 11 is 0. The molecule has 0 N–H and O–H groups in total. The van der Waals surface area contributed by atoms with Crippen LogP contribution in [0.15, 0.2) is 30.3 Å². The Morgan fingerprint density at radius 2 is 2.14 bits per heavy atom. The van der Waals surface area contributed by atoms with Gasteiger partial charge in [-0.3, -0.25) is 4.79 Å². The number of aromatic nitrogens is 4. The van der Waals surface area contributed by atoms with Crippen LogP contribution in [-0.2, 0) is 9.53 Å². The van der Waals surface area contributed by atoms with E-state index in [9.17, 15) is 4.79 Å². The Bertz CT molecular complexity index is 609. The molecule has 0 aliphatic heterocycles. The number of hydrogen-bond donors (Lipinski definition) is 0. The largest absolute Gasteiger partial charge is 0.465 e. The average Bonchev–Trinajstić information content (AvgIpc) is 3.22. The van der Waals surface area contributed by atoms with Crippen molar-refractivity contribution in [1.29, 1.82) is 0 Å². The van der Waals surface area contributed by atoms with E-state index >= 15 is 0 Å². The second-order valence-electron chi connectivity index (χ2n) is 4.89. The Morgan fingerprint density at radius 1 is 1.38 bits per heavy atom. The molecule has 0 spiro atoms. The van der Waals surface area contributed by atoms with Crippen LogP contribution >= 0.6 is 0 Å². The minimum atomic E-state index is -0.257. The van der Waals surface area contributed by atoms with Crippen LogP contribution in [0, 0.1) is 0 Å². The number of rotatable bonds is 6. The van der Waals surface area contributed by atoms with E-state index in [-0.39, 0.29) is 12.5 Å². The third kappa shape index (κ3) is 3.01. The first-order valence-electron chi connectivity index (χ1n) is 7.05. The molecule has 1 aliphatic carbocycles. The number of nitrogens with zero attached hydrogens (tertiary/aromatic N) is 5. The Kier molecular flexibility index (Phi) is 3.81. The highest BCUT2D eigenvalue weighted by Crippen LogP contribution is 2.30. The van der Waals surface area contributed by atoms with Crippen molar-refractivity contribution in [3.63, 3.8) is 0 Å². The SMILES string of the molecule is CCOC(=O)CN(c1nnnn1-c1ccccc1)C1CC1. The van der Waals surface area contributed by atoms with Crippen molar-refractivity contribution in [2.75, 3.05) is 18.1 Å². The molecule has 0 bridgehead atoms. The minimum Gasteiger partial charge on any atom is -0.465 e. The molecule has 3 rings (SSSR count). The van der Waals surface area contributed by atoms with Crippen LogP contribution in [0.4, 0.5) is 5.95 Å². The molecular formula is C14H17N5O2. The van der Waals surface area contributed by atoms with Gasteiger partial charge in [0.25, 0.3) is 5.95 Å². The summed E-state index contributed by atoms with van der Waals surface area (Å²) in [4.78, 5) is 13.7. The standard InChI is InChI=1S/C14H17N5O2/c1-2-21-13(20)10-18(11-8-9-11)14-15-16-17-19(14)12-6-4-3-5-7-12/h3-7,11H,2,8-10H2,1H3. The van der Waals surface area contributed by atoms with Crippen molar-refractivity contribution in [3.05, 3.63) is 30.3 Å². The van der Waals surface area contributed by atoms with E-state index in [0.717, 1.165) is 18.5 Å². The zero-order valence-electron chi connectivity index (χ0n) is 11.8. The molecule has 1 saturated carbocycles. The molecule has 1 aromatic carbocycles. The minimum absolute atomic E-state index is 0.172. The summed E-state index contributed by atoms with van der Waals surface area (Å²) in [5, 5.41) is 11.9. The molecule has 7 heteroatoms. The van der Waals surface area contributed by atoms with Crippen molar-refractivity contribution < 1.29 is 9.53 Å². The summed E-state index contributed by atoms with van der Waals surface area (Å²) in [6.45, 7) is 2.35. The molecule has 1 heterocycles. The second-order valence-corrected chi connectivity index (χ2v) is 4.89. The fourth-order valence-electron chi connectivity index (χ4n) is 2.19. The van der Waals surface area contributed by atoms with E-state index in [4.69, 9.17) is 4.74 Å². The van der Waals surface area contributed by atoms with Gasteiger partial charge in [-0.15, -0.1) is 0 Å². The van der Waals surface area contributed by atoms with Crippen molar-refractivity contribution in [2.24, 2.45) is 0 Å². The van der Waals surface area contributed by atoms with E-state index in [1.54, 1.807) is 11.6 Å². The van der Waals surface area contributed by atoms with E-state index in [0.29, 0.717) is 18.6 Å². The summed E-state index contributed by atoms with van der Waals surface area (Å²) in [6.07, 6.45) is 2.09. The summed E-state index contributed by atoms with van der Waals surface area (Å²) in [7, 11) is 0. The van der Waals surface area contributed by atoms with Gasteiger partial charge in [0.2, 0.25) is 0 Å². The van der Waals surface area contributed by atoms with Crippen LogP contribution in [0.2, 0.25) is 0 Å². The molecule has 21 heavy (non-hydrogen) atoms. The monoisotopic (exact) mass is 287 g/mol. The summed E-state index contributed by atoms with van der Waals surface area (Å²) in [5.74, 6) is 0.323. The van der Waals surface area contributed by atoms with Crippen molar-refractivity contribution in [3.8, 4) is 5.69 Å². The molecule has 1 aliphatic rings. The number of hydrogen-bond acceptors (Lipinski definition) is 6. The third-order valence-corrected chi connectivity index (χ3v) is 3.30. The maximum atomic E-state index is 11.8. The second kappa shape index (κ2) is 5.90. The molecule has 2 aromatic rings. The van der Waals surface area contributed by atoms with Gasteiger partial charge < -0.3 is 9.64 Å². The lowest BCUT2D eigenvalue weighted by molar-refractivity contribution is -0.141. The number of benzene rings is 1. The highest BCUT2D eigenvalue weighted by Gasteiger charge is 2.34. The molecule has 0 unspecified atom stereocenters. The summed E-state index contributed by atoms with van der Waals surface area (Å²) in [6, 6.07) is 9.94. The van der Waals surface area contributed by atoms with Gasteiger partial charge in [0.15, 0.2) is 0 Å². The average molecular weight is 287 g/mol. The highest BCUT2D eigenvalue weighted by atomic mass is 16.5. The Morgan fingerprint density at radius 3 is 2.81 bits per heavy atom. The molecular weight excluding hydrogens is 270 g/mol. The predicted molar refractivity (Wildman–Crippen MR) is 76.2 cm³/mol. The summed E-state index contributed by atoms with van der Waals surface area (Å²) < 4.78 is 6.69. The van der Waals surface area contributed by atoms with Gasteiger partial charge in [-0.1, -0.05) is 23.3 Å². The number of tetrazole rings is 1. The van der Waals surface area contributed by atoms with Crippen molar-refractivity contribution >= 4 is 11.9 Å². The van der Waals surface area contributed by atoms with Crippen LogP contribution in [-0.4, -0.2) is 45.4 Å². The van der Waals surface area contributed by atoms with Crippen LogP contribution in [0.3, 0.4) is 0 Å². The normalized spacial score (nSPS) is 14.0. The molecule has 110 valence electrons. The molecule has 0 saturated heterocycles. The third-order valence-electron chi connectivity index (χ3n) is 3.30. The topological polar surface area (TPSA) is 73.1 Å². The van der Waals surface area contributed by atoms with E-state index < -0.39 is 0 Å². The number of ether oxygens (including phenoxy) is 1. The van der Waals surface area contributed by atoms with Gasteiger partial charge in [-0.2, -0.15) is 4.68 Å². The lowest BCUT2D eigenvalue weighted by atomic mass is 10.3. The predicted octanol–water partition coefficient (Wildman–Crippen LogP) is 1.19. The van der Waals surface area contributed by atoms with Crippen LogP contribution < -0.4 is 4.90 Å². The molecule has 1 aromatic heterocycles. The Labute approximate surface area is 122 Å². The first-order valence-corrected chi connectivity index (χ1v) is 7.05. The fraction of sp³-hybridized carbons (Fsp3) is 0.429. The van der Waals surface area contributed by atoms with Gasteiger partial charge in [-0.05, 0) is 42.3 Å². The summed E-state index contributed by atoms with van der Waals surface area (Å²) in [5.41, 5.74) is 0.868. The molecule has 0 atom stereocenters. The van der Waals surface area contributed by atoms with Crippen LogP contribution in [0.25, 0.3) is 5.69 Å². The van der Waals surface area contributed by atoms with E-state index in [2.05, 4.69) is 15.5 Å². The highest BCUT2D eigenvalue weighted by molar-refractivity contribution is 5.75. The first kappa shape index (κ1) is 13.5. The maximum absolute atomic E-state index is 11.8. The number of esters is 1. The number of para-hydroxylation sites is 1. The zero-order chi connectivity index (χ0) is 14.7. The first-order chi connectivity index (χ1) is 10.3. The molecule has 7 nitrogen and oxygen atoms in total. The lowest BCUT2D eigenvalue weighted by Crippen LogP contribution is -2.35. The quantitative estimate of drug-likeness (QED) is 0.743. The van der Waals surface area contributed by atoms with Gasteiger partial charge in [-0.25, -0.2) is 0 Å². The van der Waals surface area contributed by atoms with Crippen molar-refractivity contribution in [2.45, 2.75) is 25.8 Å².